The molecule has 2 saturated heterocycles. The van der Waals surface area contributed by atoms with Gasteiger partial charge in [0.25, 0.3) is 0 Å². The fourth-order valence-corrected chi connectivity index (χ4v) is 4.71. The highest BCUT2D eigenvalue weighted by molar-refractivity contribution is 7.89. The summed E-state index contributed by atoms with van der Waals surface area (Å²) < 4.78 is 25.9. The Balaban J connectivity index is 2.02. The van der Waals surface area contributed by atoms with Crippen LogP contribution in [0.2, 0.25) is 0 Å². The third kappa shape index (κ3) is 2.26. The second kappa shape index (κ2) is 5.10. The van der Waals surface area contributed by atoms with Crippen molar-refractivity contribution in [1.29, 1.82) is 0 Å². The van der Waals surface area contributed by atoms with Crippen LogP contribution < -0.4 is 5.32 Å². The van der Waals surface area contributed by atoms with E-state index >= 15 is 0 Å². The van der Waals surface area contributed by atoms with Crippen LogP contribution in [0.25, 0.3) is 0 Å². The minimum atomic E-state index is -3.27. The second-order valence-electron chi connectivity index (χ2n) is 5.82. The van der Waals surface area contributed by atoms with E-state index in [1.165, 1.54) is 4.31 Å². The number of carbonyl (C=O) groups is 1. The van der Waals surface area contributed by atoms with E-state index in [0.29, 0.717) is 26.1 Å². The van der Waals surface area contributed by atoms with Gasteiger partial charge in [0.2, 0.25) is 15.9 Å². The van der Waals surface area contributed by atoms with Crippen LogP contribution in [0.4, 0.5) is 0 Å². The highest BCUT2D eigenvalue weighted by Gasteiger charge is 2.56. The predicted molar refractivity (Wildman–Crippen MR) is 80.3 cm³/mol. The molecule has 3 rings (SSSR count). The van der Waals surface area contributed by atoms with Crippen LogP contribution >= 0.6 is 0 Å². The van der Waals surface area contributed by atoms with Crippen LogP contribution in [0.5, 0.6) is 0 Å². The van der Waals surface area contributed by atoms with Crippen molar-refractivity contribution in [2.45, 2.75) is 19.3 Å². The molecule has 0 aromatic heterocycles. The first-order valence-electron chi connectivity index (χ1n) is 7.31. The molecule has 6 heteroatoms. The molecule has 21 heavy (non-hydrogen) atoms. The Morgan fingerprint density at radius 1 is 1.33 bits per heavy atom. The molecule has 1 aromatic rings. The van der Waals surface area contributed by atoms with Gasteiger partial charge in [0, 0.05) is 25.6 Å². The van der Waals surface area contributed by atoms with Crippen molar-refractivity contribution >= 4 is 15.9 Å². The Morgan fingerprint density at radius 2 is 2.05 bits per heavy atom. The molecule has 1 N–H and O–H groups in total. The van der Waals surface area contributed by atoms with Gasteiger partial charge in [-0.25, -0.2) is 12.7 Å². The highest BCUT2D eigenvalue weighted by atomic mass is 32.2. The van der Waals surface area contributed by atoms with Crippen molar-refractivity contribution in [2.75, 3.05) is 25.4 Å². The molecule has 1 spiro atoms. The lowest BCUT2D eigenvalue weighted by Crippen LogP contribution is -2.38. The SMILES string of the molecule is CCS(=O)(=O)N1C[C@@H](c2ccccc2)[C@@]2(CCNC2=O)C1. The number of nitrogens with one attached hydrogen (secondary N) is 1. The average Bonchev–Trinajstić information content (AvgIpc) is 3.06. The van der Waals surface area contributed by atoms with E-state index in [1.54, 1.807) is 6.92 Å². The normalized spacial score (nSPS) is 30.0. The summed E-state index contributed by atoms with van der Waals surface area (Å²) in [4.78, 5) is 12.4. The summed E-state index contributed by atoms with van der Waals surface area (Å²) in [5.74, 6) is -0.000617. The van der Waals surface area contributed by atoms with E-state index < -0.39 is 15.4 Å². The molecule has 0 aliphatic carbocycles. The van der Waals surface area contributed by atoms with Gasteiger partial charge in [-0.05, 0) is 18.9 Å². The molecule has 5 nitrogen and oxygen atoms in total. The van der Waals surface area contributed by atoms with Crippen molar-refractivity contribution in [3.8, 4) is 0 Å². The van der Waals surface area contributed by atoms with Gasteiger partial charge in [-0.3, -0.25) is 4.79 Å². The highest BCUT2D eigenvalue weighted by Crippen LogP contribution is 2.48. The summed E-state index contributed by atoms with van der Waals surface area (Å²) in [7, 11) is -3.27. The summed E-state index contributed by atoms with van der Waals surface area (Å²) in [6.45, 7) is 2.97. The van der Waals surface area contributed by atoms with Crippen LogP contribution in [-0.2, 0) is 14.8 Å². The molecule has 114 valence electrons. The van der Waals surface area contributed by atoms with Crippen molar-refractivity contribution in [2.24, 2.45) is 5.41 Å². The molecular weight excluding hydrogens is 288 g/mol. The molecule has 1 amide bonds. The molecule has 1 aromatic carbocycles. The topological polar surface area (TPSA) is 66.5 Å². The van der Waals surface area contributed by atoms with Gasteiger partial charge in [0.15, 0.2) is 0 Å². The zero-order valence-corrected chi connectivity index (χ0v) is 12.9. The first-order valence-corrected chi connectivity index (χ1v) is 8.91. The third-order valence-corrected chi connectivity index (χ3v) is 6.58. The van der Waals surface area contributed by atoms with Crippen LogP contribution in [0, 0.1) is 5.41 Å². The molecule has 0 saturated carbocycles. The summed E-state index contributed by atoms with van der Waals surface area (Å²) in [5, 5.41) is 2.88. The molecular formula is C15H20N2O3S. The Morgan fingerprint density at radius 3 is 2.62 bits per heavy atom. The maximum Gasteiger partial charge on any atom is 0.228 e. The Bertz CT molecular complexity index is 644. The van der Waals surface area contributed by atoms with Gasteiger partial charge in [-0.2, -0.15) is 0 Å². The largest absolute Gasteiger partial charge is 0.356 e. The quantitative estimate of drug-likeness (QED) is 0.904. The standard InChI is InChI=1S/C15H20N2O3S/c1-2-21(19,20)17-10-13(12-6-4-3-5-7-12)15(11-17)8-9-16-14(15)18/h3-7,13H,2,8-11H2,1H3,(H,16,18)/t13-,15+/m0/s1. The van der Waals surface area contributed by atoms with Crippen LogP contribution in [0.15, 0.2) is 30.3 Å². The fraction of sp³-hybridized carbons (Fsp3) is 0.533. The van der Waals surface area contributed by atoms with Crippen molar-refractivity contribution in [1.82, 2.24) is 9.62 Å². The zero-order chi connectivity index (χ0) is 15.1. The summed E-state index contributed by atoms with van der Waals surface area (Å²) in [6.07, 6.45) is 0.696. The van der Waals surface area contributed by atoms with E-state index in [9.17, 15) is 13.2 Å². The van der Waals surface area contributed by atoms with E-state index in [4.69, 9.17) is 0 Å². The monoisotopic (exact) mass is 308 g/mol. The Kier molecular flexibility index (Phi) is 3.53. The maximum atomic E-state index is 12.4. The molecule has 0 radical (unpaired) electrons. The Hall–Kier alpha value is -1.40. The lowest BCUT2D eigenvalue weighted by atomic mass is 9.73. The zero-order valence-electron chi connectivity index (χ0n) is 12.1. The van der Waals surface area contributed by atoms with Crippen LogP contribution in [-0.4, -0.2) is 44.0 Å². The summed E-state index contributed by atoms with van der Waals surface area (Å²) in [6, 6.07) is 9.78. The molecule has 0 bridgehead atoms. The summed E-state index contributed by atoms with van der Waals surface area (Å²) >= 11 is 0. The second-order valence-corrected chi connectivity index (χ2v) is 8.08. The smallest absolute Gasteiger partial charge is 0.228 e. The summed E-state index contributed by atoms with van der Waals surface area (Å²) in [5.41, 5.74) is 0.437. The lowest BCUT2D eigenvalue weighted by molar-refractivity contribution is -0.127. The molecule has 2 heterocycles. The number of nitrogens with zero attached hydrogens (tertiary/aromatic N) is 1. The molecule has 2 fully saturated rings. The molecule has 2 aliphatic rings. The fourth-order valence-electron chi connectivity index (χ4n) is 3.54. The van der Waals surface area contributed by atoms with Crippen LogP contribution in [0.3, 0.4) is 0 Å². The molecule has 2 atom stereocenters. The third-order valence-electron chi connectivity index (χ3n) is 4.78. The number of benzene rings is 1. The van der Waals surface area contributed by atoms with Gasteiger partial charge in [0.1, 0.15) is 0 Å². The van der Waals surface area contributed by atoms with E-state index in [1.807, 2.05) is 30.3 Å². The first kappa shape index (κ1) is 14.5. The van der Waals surface area contributed by atoms with E-state index in [2.05, 4.69) is 5.32 Å². The van der Waals surface area contributed by atoms with Gasteiger partial charge >= 0.3 is 0 Å². The van der Waals surface area contributed by atoms with E-state index in [-0.39, 0.29) is 17.6 Å². The van der Waals surface area contributed by atoms with Crippen molar-refractivity contribution < 1.29 is 13.2 Å². The number of rotatable bonds is 3. The number of hydrogen-bond acceptors (Lipinski definition) is 3. The number of carbonyl (C=O) groups excluding carboxylic acids is 1. The van der Waals surface area contributed by atoms with Crippen molar-refractivity contribution in [3.05, 3.63) is 35.9 Å². The van der Waals surface area contributed by atoms with E-state index in [0.717, 1.165) is 5.56 Å². The predicted octanol–water partition coefficient (Wildman–Crippen LogP) is 0.942. The minimum absolute atomic E-state index is 0.00911. The van der Waals surface area contributed by atoms with Gasteiger partial charge in [-0.1, -0.05) is 30.3 Å². The van der Waals surface area contributed by atoms with Gasteiger partial charge < -0.3 is 5.32 Å². The van der Waals surface area contributed by atoms with Gasteiger partial charge in [0.05, 0.1) is 11.2 Å². The minimum Gasteiger partial charge on any atom is -0.356 e. The van der Waals surface area contributed by atoms with Crippen LogP contribution in [0.1, 0.15) is 24.8 Å². The lowest BCUT2D eigenvalue weighted by Gasteiger charge is -2.27. The maximum absolute atomic E-state index is 12.4. The van der Waals surface area contributed by atoms with Crippen molar-refractivity contribution in [3.63, 3.8) is 0 Å². The first-order chi connectivity index (χ1) is 9.99. The number of sulfonamides is 1. The Labute approximate surface area is 125 Å². The van der Waals surface area contributed by atoms with Gasteiger partial charge in [-0.15, -0.1) is 0 Å². The molecule has 0 unspecified atom stereocenters. The molecule has 2 aliphatic heterocycles. The average molecular weight is 308 g/mol. The number of amides is 1. The number of hydrogen-bond donors (Lipinski definition) is 1.